The Labute approximate surface area is 107 Å². The molecule has 0 bridgehead atoms. The van der Waals surface area contributed by atoms with Crippen molar-refractivity contribution >= 4 is 0 Å². The zero-order valence-electron chi connectivity index (χ0n) is 11.1. The van der Waals surface area contributed by atoms with Gasteiger partial charge in [0.1, 0.15) is 5.82 Å². The van der Waals surface area contributed by atoms with Crippen LogP contribution in [0.4, 0.5) is 0 Å². The highest BCUT2D eigenvalue weighted by Crippen LogP contribution is 2.13. The van der Waals surface area contributed by atoms with Crippen molar-refractivity contribution in [2.45, 2.75) is 39.7 Å². The summed E-state index contributed by atoms with van der Waals surface area (Å²) in [7, 11) is 0. The van der Waals surface area contributed by atoms with Crippen LogP contribution in [0, 0.1) is 0 Å². The number of pyridine rings is 1. The molecule has 2 N–H and O–H groups in total. The molecule has 2 heterocycles. The summed E-state index contributed by atoms with van der Waals surface area (Å²) in [5.41, 5.74) is 7.60. The first-order valence-electron chi connectivity index (χ1n) is 6.32. The fourth-order valence-electron chi connectivity index (χ4n) is 1.77. The molecule has 5 nitrogen and oxygen atoms in total. The third-order valence-corrected chi connectivity index (χ3v) is 2.83. The van der Waals surface area contributed by atoms with Gasteiger partial charge in [-0.05, 0) is 19.1 Å². The minimum atomic E-state index is -0.0494. The number of aryl methyl sites for hydroxylation is 2. The normalized spacial score (nSPS) is 12.7. The molecule has 0 aliphatic carbocycles. The smallest absolute Gasteiger partial charge is 0.151 e. The van der Waals surface area contributed by atoms with Gasteiger partial charge < -0.3 is 5.73 Å². The van der Waals surface area contributed by atoms with Gasteiger partial charge >= 0.3 is 0 Å². The average molecular weight is 245 g/mol. The number of nitrogens with zero attached hydrogens (tertiary/aromatic N) is 4. The van der Waals surface area contributed by atoms with Crippen molar-refractivity contribution in [3.63, 3.8) is 0 Å². The Morgan fingerprint density at radius 3 is 2.56 bits per heavy atom. The first-order chi connectivity index (χ1) is 8.65. The van der Waals surface area contributed by atoms with Gasteiger partial charge in [-0.2, -0.15) is 5.10 Å². The first kappa shape index (κ1) is 12.7. The predicted octanol–water partition coefficient (Wildman–Crippen LogP) is 1.81. The summed E-state index contributed by atoms with van der Waals surface area (Å²) in [6.07, 6.45) is 3.49. The lowest BCUT2D eigenvalue weighted by Crippen LogP contribution is -2.08. The predicted molar refractivity (Wildman–Crippen MR) is 70.5 cm³/mol. The molecule has 1 atom stereocenters. The van der Waals surface area contributed by atoms with E-state index < -0.39 is 0 Å². The van der Waals surface area contributed by atoms with Crippen LogP contribution in [0.2, 0.25) is 0 Å². The minimum absolute atomic E-state index is 0.0494. The van der Waals surface area contributed by atoms with E-state index in [1.165, 1.54) is 0 Å². The van der Waals surface area contributed by atoms with E-state index >= 15 is 0 Å². The summed E-state index contributed by atoms with van der Waals surface area (Å²) < 4.78 is 1.86. The molecule has 2 rings (SSSR count). The van der Waals surface area contributed by atoms with Crippen LogP contribution in [0.5, 0.6) is 0 Å². The lowest BCUT2D eigenvalue weighted by Gasteiger charge is -2.07. The van der Waals surface area contributed by atoms with Crippen LogP contribution < -0.4 is 5.73 Å². The molecule has 5 heteroatoms. The van der Waals surface area contributed by atoms with Gasteiger partial charge in [0.25, 0.3) is 0 Å². The van der Waals surface area contributed by atoms with Gasteiger partial charge in [0, 0.05) is 18.9 Å². The maximum Gasteiger partial charge on any atom is 0.151 e. The van der Waals surface area contributed by atoms with Crippen molar-refractivity contribution in [3.05, 3.63) is 35.7 Å². The van der Waals surface area contributed by atoms with Gasteiger partial charge in [0.05, 0.1) is 17.6 Å². The Morgan fingerprint density at radius 1 is 1.28 bits per heavy atom. The fourth-order valence-corrected chi connectivity index (χ4v) is 1.77. The Morgan fingerprint density at radius 2 is 2.06 bits per heavy atom. The molecule has 0 aliphatic rings. The van der Waals surface area contributed by atoms with Crippen LogP contribution in [0.25, 0.3) is 5.69 Å². The molecule has 18 heavy (non-hydrogen) atoms. The molecule has 2 aromatic heterocycles. The monoisotopic (exact) mass is 245 g/mol. The van der Waals surface area contributed by atoms with Crippen molar-refractivity contribution in [3.8, 4) is 5.69 Å². The highest BCUT2D eigenvalue weighted by atomic mass is 15.4. The van der Waals surface area contributed by atoms with Gasteiger partial charge in [-0.25, -0.2) is 9.67 Å². The van der Waals surface area contributed by atoms with E-state index in [9.17, 15) is 0 Å². The van der Waals surface area contributed by atoms with E-state index in [-0.39, 0.29) is 6.04 Å². The zero-order valence-corrected chi connectivity index (χ0v) is 11.1. The summed E-state index contributed by atoms with van der Waals surface area (Å²) in [6, 6.07) is 3.87. The van der Waals surface area contributed by atoms with Crippen LogP contribution in [0.3, 0.4) is 0 Å². The van der Waals surface area contributed by atoms with Crippen molar-refractivity contribution in [2.75, 3.05) is 0 Å². The maximum atomic E-state index is 5.79. The second-order valence-electron chi connectivity index (χ2n) is 4.29. The van der Waals surface area contributed by atoms with Crippen LogP contribution >= 0.6 is 0 Å². The Bertz CT molecular complexity index is 513. The van der Waals surface area contributed by atoms with E-state index in [1.807, 2.05) is 23.7 Å². The molecule has 0 amide bonds. The standard InChI is InChI=1S/C13H19N5/c1-4-12-16-13(5-2)18(17-12)10-6-7-11(9(3)14)15-8-10/h6-9H,4-5,14H2,1-3H3. The van der Waals surface area contributed by atoms with E-state index in [0.29, 0.717) is 0 Å². The van der Waals surface area contributed by atoms with Gasteiger partial charge in [-0.1, -0.05) is 13.8 Å². The summed E-state index contributed by atoms with van der Waals surface area (Å²) in [5, 5.41) is 4.48. The second-order valence-corrected chi connectivity index (χ2v) is 4.29. The second kappa shape index (κ2) is 5.27. The molecule has 0 saturated heterocycles. The van der Waals surface area contributed by atoms with Crippen LogP contribution in [-0.4, -0.2) is 19.7 Å². The first-order valence-corrected chi connectivity index (χ1v) is 6.32. The van der Waals surface area contributed by atoms with Gasteiger partial charge in [0.2, 0.25) is 0 Å². The van der Waals surface area contributed by atoms with E-state index in [2.05, 4.69) is 28.9 Å². The highest BCUT2D eigenvalue weighted by Gasteiger charge is 2.09. The van der Waals surface area contributed by atoms with Gasteiger partial charge in [-0.15, -0.1) is 0 Å². The lowest BCUT2D eigenvalue weighted by atomic mass is 10.2. The zero-order chi connectivity index (χ0) is 13.1. The summed E-state index contributed by atoms with van der Waals surface area (Å²) in [4.78, 5) is 8.83. The summed E-state index contributed by atoms with van der Waals surface area (Å²) in [6.45, 7) is 6.05. The number of aromatic nitrogens is 4. The fraction of sp³-hybridized carbons (Fsp3) is 0.462. The maximum absolute atomic E-state index is 5.79. The number of nitrogens with two attached hydrogens (primary N) is 1. The molecule has 0 aromatic carbocycles. The highest BCUT2D eigenvalue weighted by molar-refractivity contribution is 5.30. The van der Waals surface area contributed by atoms with Crippen molar-refractivity contribution < 1.29 is 0 Å². The molecule has 1 unspecified atom stereocenters. The molecule has 0 aliphatic heterocycles. The summed E-state index contributed by atoms with van der Waals surface area (Å²) in [5.74, 6) is 1.82. The number of rotatable bonds is 4. The SMILES string of the molecule is CCc1nc(CC)n(-c2ccc(C(C)N)nc2)n1. The molecule has 0 fully saturated rings. The number of hydrogen-bond acceptors (Lipinski definition) is 4. The third kappa shape index (κ3) is 2.41. The van der Waals surface area contributed by atoms with Crippen molar-refractivity contribution in [2.24, 2.45) is 5.73 Å². The van der Waals surface area contributed by atoms with Gasteiger partial charge in [-0.3, -0.25) is 4.98 Å². The lowest BCUT2D eigenvalue weighted by molar-refractivity contribution is 0.761. The van der Waals surface area contributed by atoms with E-state index in [1.54, 1.807) is 6.20 Å². The molecule has 2 aromatic rings. The van der Waals surface area contributed by atoms with Crippen molar-refractivity contribution in [1.82, 2.24) is 19.7 Å². The molecule has 0 spiro atoms. The van der Waals surface area contributed by atoms with Crippen LogP contribution in [0.15, 0.2) is 18.3 Å². The molecular weight excluding hydrogens is 226 g/mol. The minimum Gasteiger partial charge on any atom is -0.323 e. The molecular formula is C13H19N5. The van der Waals surface area contributed by atoms with Gasteiger partial charge in [0.15, 0.2) is 5.82 Å². The quantitative estimate of drug-likeness (QED) is 0.891. The van der Waals surface area contributed by atoms with Crippen LogP contribution in [-0.2, 0) is 12.8 Å². The average Bonchev–Trinajstić information content (AvgIpc) is 2.82. The third-order valence-electron chi connectivity index (χ3n) is 2.83. The molecule has 0 saturated carbocycles. The number of hydrogen-bond donors (Lipinski definition) is 1. The molecule has 96 valence electrons. The topological polar surface area (TPSA) is 69.6 Å². The Kier molecular flexibility index (Phi) is 3.72. The molecule has 0 radical (unpaired) electrons. The van der Waals surface area contributed by atoms with Crippen LogP contribution in [0.1, 0.15) is 44.2 Å². The van der Waals surface area contributed by atoms with Crippen molar-refractivity contribution in [1.29, 1.82) is 0 Å². The Hall–Kier alpha value is -1.75. The summed E-state index contributed by atoms with van der Waals surface area (Å²) >= 11 is 0. The Balaban J connectivity index is 2.38. The van der Waals surface area contributed by atoms with E-state index in [0.717, 1.165) is 35.9 Å². The van der Waals surface area contributed by atoms with E-state index in [4.69, 9.17) is 5.73 Å². The largest absolute Gasteiger partial charge is 0.323 e.